The number of rotatable bonds is 7. The number of unbranched alkanes of at least 4 members (excludes halogenated alkanes) is 3. The van der Waals surface area contributed by atoms with E-state index < -0.39 is 0 Å². The smallest absolute Gasteiger partial charge is 0.122 e. The topological polar surface area (TPSA) is 39.8 Å². The van der Waals surface area contributed by atoms with Crippen LogP contribution in [0.5, 0.6) is 0 Å². The van der Waals surface area contributed by atoms with Crippen LogP contribution in [0.3, 0.4) is 0 Å². The minimum atomic E-state index is 0.666. The molecule has 0 fully saturated rings. The molecule has 4 nitrogen and oxygen atoms in total. The number of fused-ring (bicyclic) bond motifs is 1. The van der Waals surface area contributed by atoms with Crippen LogP contribution >= 0.6 is 0 Å². The summed E-state index contributed by atoms with van der Waals surface area (Å²) in [7, 11) is 0. The Balaban J connectivity index is 1.95. The normalized spacial score (nSPS) is 11.1. The summed E-state index contributed by atoms with van der Waals surface area (Å²) in [6, 6.07) is 8.52. The van der Waals surface area contributed by atoms with E-state index in [0.29, 0.717) is 6.42 Å². The first-order valence-electron chi connectivity index (χ1n) is 7.82. The van der Waals surface area contributed by atoms with E-state index in [1.165, 1.54) is 22.3 Å². The number of aryl methyl sites for hydroxylation is 2. The van der Waals surface area contributed by atoms with Crippen molar-refractivity contribution in [3.63, 3.8) is 0 Å². The molecule has 0 N–H and O–H groups in total. The summed E-state index contributed by atoms with van der Waals surface area (Å²) in [6.07, 6.45) is 10.5. The zero-order valence-corrected chi connectivity index (χ0v) is 12.9. The van der Waals surface area contributed by atoms with Gasteiger partial charge in [0.15, 0.2) is 0 Å². The van der Waals surface area contributed by atoms with Gasteiger partial charge in [-0.05, 0) is 31.4 Å². The first-order chi connectivity index (χ1) is 10.8. The highest BCUT2D eigenvalue weighted by Gasteiger charge is 2.14. The molecule has 1 aromatic carbocycles. The Bertz CT molecular complexity index is 756. The van der Waals surface area contributed by atoms with Crippen LogP contribution in [0.1, 0.15) is 31.2 Å². The summed E-state index contributed by atoms with van der Waals surface area (Å²) >= 11 is 0. The van der Waals surface area contributed by atoms with Crippen LogP contribution in [0.4, 0.5) is 0 Å². The van der Waals surface area contributed by atoms with Gasteiger partial charge >= 0.3 is 0 Å². The quantitative estimate of drug-likeness (QED) is 0.490. The summed E-state index contributed by atoms with van der Waals surface area (Å²) in [5.41, 5.74) is 2.54. The molecule has 0 saturated carbocycles. The van der Waals surface area contributed by atoms with Crippen LogP contribution in [0, 0.1) is 6.92 Å². The Hall–Kier alpha value is -2.36. The van der Waals surface area contributed by atoms with E-state index in [0.717, 1.165) is 32.1 Å². The lowest BCUT2D eigenvalue weighted by molar-refractivity contribution is -0.107. The molecule has 22 heavy (non-hydrogen) atoms. The highest BCUT2D eigenvalue weighted by Crippen LogP contribution is 2.28. The number of para-hydroxylation sites is 1. The molecule has 0 saturated heterocycles. The predicted octanol–water partition coefficient (Wildman–Crippen LogP) is 3.89. The van der Waals surface area contributed by atoms with Crippen LogP contribution in [-0.2, 0) is 11.3 Å². The molecule has 3 aromatic rings. The molecule has 0 bridgehead atoms. The Kier molecular flexibility index (Phi) is 4.37. The molecule has 114 valence electrons. The van der Waals surface area contributed by atoms with Crippen LogP contribution in [-0.4, -0.2) is 20.4 Å². The van der Waals surface area contributed by atoms with Gasteiger partial charge in [0.1, 0.15) is 18.4 Å². The minimum absolute atomic E-state index is 0.666. The van der Waals surface area contributed by atoms with Crippen molar-refractivity contribution in [1.29, 1.82) is 0 Å². The Morgan fingerprint density at radius 3 is 2.82 bits per heavy atom. The molecule has 2 aromatic heterocycles. The molecule has 3 rings (SSSR count). The van der Waals surface area contributed by atoms with Crippen molar-refractivity contribution in [3.8, 4) is 5.82 Å². The lowest BCUT2D eigenvalue weighted by atomic mass is 10.2. The number of nitrogens with zero attached hydrogens (tertiary/aromatic N) is 3. The van der Waals surface area contributed by atoms with E-state index in [-0.39, 0.29) is 0 Å². The zero-order chi connectivity index (χ0) is 15.4. The first-order valence-corrected chi connectivity index (χ1v) is 7.82. The molecule has 4 heteroatoms. The van der Waals surface area contributed by atoms with Gasteiger partial charge in [-0.2, -0.15) is 0 Å². The molecule has 0 aliphatic heterocycles. The lowest BCUT2D eigenvalue weighted by Crippen LogP contribution is -2.06. The predicted molar refractivity (Wildman–Crippen MR) is 88.3 cm³/mol. The van der Waals surface area contributed by atoms with Crippen molar-refractivity contribution in [2.75, 3.05) is 0 Å². The number of imidazole rings is 1. The van der Waals surface area contributed by atoms with E-state index in [9.17, 15) is 4.79 Å². The summed E-state index contributed by atoms with van der Waals surface area (Å²) < 4.78 is 4.45. The zero-order valence-electron chi connectivity index (χ0n) is 12.9. The third-order valence-electron chi connectivity index (χ3n) is 4.14. The molecular weight excluding hydrogens is 274 g/mol. The molecule has 0 atom stereocenters. The van der Waals surface area contributed by atoms with Gasteiger partial charge in [-0.15, -0.1) is 0 Å². The van der Waals surface area contributed by atoms with E-state index in [1.807, 2.05) is 18.7 Å². The average molecular weight is 295 g/mol. The number of carbonyl (C=O) groups excluding carboxylic acids is 1. The van der Waals surface area contributed by atoms with Crippen molar-refractivity contribution < 1.29 is 4.79 Å². The molecular formula is C18H21N3O. The van der Waals surface area contributed by atoms with Gasteiger partial charge in [-0.3, -0.25) is 4.57 Å². The summed E-state index contributed by atoms with van der Waals surface area (Å²) in [5, 5.41) is 1.29. The molecule has 0 radical (unpaired) electrons. The maximum absolute atomic E-state index is 10.4. The van der Waals surface area contributed by atoms with Gasteiger partial charge in [0, 0.05) is 36.3 Å². The fraction of sp³-hybridized carbons (Fsp3) is 0.333. The van der Waals surface area contributed by atoms with Crippen LogP contribution in [0.25, 0.3) is 16.7 Å². The number of benzene rings is 1. The number of aromatic nitrogens is 3. The molecule has 2 heterocycles. The van der Waals surface area contributed by atoms with Gasteiger partial charge in [-0.1, -0.05) is 24.6 Å². The van der Waals surface area contributed by atoms with Crippen molar-refractivity contribution in [2.45, 2.75) is 39.2 Å². The van der Waals surface area contributed by atoms with Crippen molar-refractivity contribution in [1.82, 2.24) is 14.1 Å². The molecule has 0 aliphatic rings. The van der Waals surface area contributed by atoms with Crippen LogP contribution in [0.2, 0.25) is 0 Å². The number of hydrogen-bond acceptors (Lipinski definition) is 2. The largest absolute Gasteiger partial charge is 0.327 e. The van der Waals surface area contributed by atoms with Crippen molar-refractivity contribution in [3.05, 3.63) is 48.5 Å². The Labute approximate surface area is 130 Å². The van der Waals surface area contributed by atoms with Gasteiger partial charge in [-0.25, -0.2) is 4.98 Å². The maximum Gasteiger partial charge on any atom is 0.122 e. The number of hydrogen-bond donors (Lipinski definition) is 0. The van der Waals surface area contributed by atoms with Gasteiger partial charge in [0.05, 0.1) is 0 Å². The van der Waals surface area contributed by atoms with E-state index in [4.69, 9.17) is 0 Å². The Morgan fingerprint density at radius 2 is 2.05 bits per heavy atom. The average Bonchev–Trinajstić information content (AvgIpc) is 3.15. The molecule has 0 spiro atoms. The third kappa shape index (κ3) is 2.69. The first kappa shape index (κ1) is 14.6. The second kappa shape index (κ2) is 6.60. The maximum atomic E-state index is 10.4. The van der Waals surface area contributed by atoms with Crippen LogP contribution in [0.15, 0.2) is 43.0 Å². The monoisotopic (exact) mass is 295 g/mol. The van der Waals surface area contributed by atoms with Crippen molar-refractivity contribution >= 4 is 17.2 Å². The minimum Gasteiger partial charge on any atom is -0.327 e. The fourth-order valence-electron chi connectivity index (χ4n) is 3.08. The van der Waals surface area contributed by atoms with E-state index in [2.05, 4.69) is 45.3 Å². The Morgan fingerprint density at radius 1 is 1.18 bits per heavy atom. The molecule has 0 amide bonds. The molecule has 0 unspecified atom stereocenters. The van der Waals surface area contributed by atoms with Gasteiger partial charge in [0.2, 0.25) is 0 Å². The summed E-state index contributed by atoms with van der Waals surface area (Å²) in [6.45, 7) is 3.13. The fourth-order valence-corrected chi connectivity index (χ4v) is 3.08. The van der Waals surface area contributed by atoms with E-state index in [1.54, 1.807) is 0 Å². The van der Waals surface area contributed by atoms with Gasteiger partial charge < -0.3 is 9.36 Å². The van der Waals surface area contributed by atoms with E-state index >= 15 is 0 Å². The summed E-state index contributed by atoms with van der Waals surface area (Å²) in [4.78, 5) is 14.6. The van der Waals surface area contributed by atoms with Gasteiger partial charge in [0.25, 0.3) is 0 Å². The number of aldehydes is 1. The van der Waals surface area contributed by atoms with Crippen molar-refractivity contribution in [2.24, 2.45) is 0 Å². The standard InChI is InChI=1S/C18H21N3O/c1-15-16-8-4-5-9-17(16)21(11-6-2-3-7-13-22)18(15)20-12-10-19-14-20/h4-5,8-10,12-14H,2-3,6-7,11H2,1H3. The second-order valence-corrected chi connectivity index (χ2v) is 5.60. The summed E-state index contributed by atoms with van der Waals surface area (Å²) in [5.74, 6) is 1.19. The third-order valence-corrected chi connectivity index (χ3v) is 4.14. The highest BCUT2D eigenvalue weighted by atomic mass is 16.1. The second-order valence-electron chi connectivity index (χ2n) is 5.60. The highest BCUT2D eigenvalue weighted by molar-refractivity contribution is 5.87. The lowest BCUT2D eigenvalue weighted by Gasteiger charge is -2.12. The molecule has 0 aliphatic carbocycles. The SMILES string of the molecule is Cc1c(-n2ccnc2)n(CCCCCC=O)c2ccccc12. The van der Waals surface area contributed by atoms with Crippen LogP contribution < -0.4 is 0 Å². The number of carbonyl (C=O) groups is 1.